The molecular weight excluding hydrogens is 366 g/mol. The summed E-state index contributed by atoms with van der Waals surface area (Å²) in [4.78, 5) is 38.1. The lowest BCUT2D eigenvalue weighted by molar-refractivity contribution is -0.152. The molecule has 0 unspecified atom stereocenters. The van der Waals surface area contributed by atoms with E-state index in [9.17, 15) is 14.4 Å². The van der Waals surface area contributed by atoms with Crippen LogP contribution in [0, 0.1) is 0 Å². The van der Waals surface area contributed by atoms with Crippen LogP contribution in [0.25, 0.3) is 0 Å². The molecule has 1 aliphatic rings. The fourth-order valence-corrected chi connectivity index (χ4v) is 3.34. The van der Waals surface area contributed by atoms with Gasteiger partial charge in [-0.15, -0.1) is 0 Å². The van der Waals surface area contributed by atoms with Gasteiger partial charge >= 0.3 is 5.97 Å². The summed E-state index contributed by atoms with van der Waals surface area (Å²) in [6.07, 6.45) is 6.06. The summed E-state index contributed by atoms with van der Waals surface area (Å²) in [6, 6.07) is 16.7. The van der Waals surface area contributed by atoms with E-state index in [0.717, 1.165) is 17.4 Å². The first-order chi connectivity index (χ1) is 14.2. The van der Waals surface area contributed by atoms with Crippen molar-refractivity contribution in [3.05, 3.63) is 83.4 Å². The molecule has 0 aliphatic carbocycles. The Morgan fingerprint density at radius 3 is 2.48 bits per heavy atom. The third-order valence-corrected chi connectivity index (χ3v) is 4.85. The molecule has 0 radical (unpaired) electrons. The summed E-state index contributed by atoms with van der Waals surface area (Å²) < 4.78 is 5.75. The van der Waals surface area contributed by atoms with Crippen LogP contribution in [0.1, 0.15) is 53.3 Å². The number of ether oxygens (including phenoxy) is 1. The number of rotatable bonds is 4. The zero-order valence-corrected chi connectivity index (χ0v) is 16.3. The number of carbonyl (C=O) groups is 3. The van der Waals surface area contributed by atoms with Crippen molar-refractivity contribution in [1.29, 1.82) is 0 Å². The first-order valence-electron chi connectivity index (χ1n) is 9.87. The monoisotopic (exact) mass is 391 g/mol. The quantitative estimate of drug-likeness (QED) is 0.444. The highest BCUT2D eigenvalue weighted by atomic mass is 16.5. The van der Waals surface area contributed by atoms with Gasteiger partial charge in [0, 0.05) is 24.9 Å². The number of nitrogens with zero attached hydrogens (tertiary/aromatic N) is 1. The van der Waals surface area contributed by atoms with Crippen molar-refractivity contribution in [3.8, 4) is 0 Å². The highest BCUT2D eigenvalue weighted by Crippen LogP contribution is 2.22. The summed E-state index contributed by atoms with van der Waals surface area (Å²) in [5.74, 6) is -0.289. The topological polar surface area (TPSA) is 63.7 Å². The van der Waals surface area contributed by atoms with Crippen molar-refractivity contribution in [2.24, 2.45) is 0 Å². The fraction of sp³-hybridized carbons (Fsp3) is 0.292. The maximum atomic E-state index is 12.9. The summed E-state index contributed by atoms with van der Waals surface area (Å²) in [6.45, 7) is 0.620. The molecule has 0 N–H and O–H groups in total. The maximum absolute atomic E-state index is 12.9. The van der Waals surface area contributed by atoms with E-state index in [1.54, 1.807) is 23.1 Å². The number of hydrogen-bond donors (Lipinski definition) is 0. The van der Waals surface area contributed by atoms with Gasteiger partial charge < -0.3 is 9.64 Å². The van der Waals surface area contributed by atoms with Crippen LogP contribution in [0.4, 0.5) is 0 Å². The van der Waals surface area contributed by atoms with Crippen LogP contribution in [0.15, 0.2) is 66.7 Å². The zero-order chi connectivity index (χ0) is 20.5. The molecule has 0 fully saturated rings. The van der Waals surface area contributed by atoms with E-state index in [1.165, 1.54) is 0 Å². The second kappa shape index (κ2) is 10.4. The minimum atomic E-state index is -0.537. The van der Waals surface area contributed by atoms with Crippen LogP contribution in [-0.2, 0) is 20.9 Å². The number of benzene rings is 2. The summed E-state index contributed by atoms with van der Waals surface area (Å²) in [5.41, 5.74) is 2.29. The van der Waals surface area contributed by atoms with Crippen LogP contribution in [0.2, 0.25) is 0 Å². The average molecular weight is 391 g/mol. The van der Waals surface area contributed by atoms with Crippen LogP contribution < -0.4 is 0 Å². The van der Waals surface area contributed by atoms with E-state index >= 15 is 0 Å². The molecule has 1 aliphatic heterocycles. The van der Waals surface area contributed by atoms with E-state index in [-0.39, 0.29) is 18.4 Å². The Labute approximate surface area is 171 Å². The molecule has 150 valence electrons. The minimum absolute atomic E-state index is 0.0105. The van der Waals surface area contributed by atoms with Crippen molar-refractivity contribution in [2.45, 2.75) is 38.3 Å². The molecule has 3 rings (SSSR count). The number of allylic oxidation sites excluding steroid dienone is 2. The lowest BCUT2D eigenvalue weighted by Gasteiger charge is -2.28. The van der Waals surface area contributed by atoms with Crippen molar-refractivity contribution < 1.29 is 19.1 Å². The van der Waals surface area contributed by atoms with Gasteiger partial charge in [0.15, 0.2) is 0 Å². The Morgan fingerprint density at radius 2 is 1.72 bits per heavy atom. The molecule has 5 heteroatoms. The lowest BCUT2D eigenvalue weighted by Crippen LogP contribution is -2.35. The van der Waals surface area contributed by atoms with Gasteiger partial charge in [-0.3, -0.25) is 14.4 Å². The largest absolute Gasteiger partial charge is 0.456 e. The number of hydrogen-bond acceptors (Lipinski definition) is 4. The molecular formula is C24H25NO4. The molecule has 5 nitrogen and oxygen atoms in total. The third-order valence-electron chi connectivity index (χ3n) is 4.85. The van der Waals surface area contributed by atoms with Crippen molar-refractivity contribution >= 4 is 18.2 Å². The molecule has 2 aromatic carbocycles. The standard InChI is InChI=1S/C24H25NO4/c26-18-20-10-8-9-19(15-20)16-25-17-22(21-11-4-3-5-12-21)29-24(28)14-7-2-1-6-13-23(25)27/h1-5,8-12,15,18,22H,6-7,13-14,16-17H2/b2-1+/t22-/m1/s1. The van der Waals surface area contributed by atoms with Gasteiger partial charge in [0.2, 0.25) is 5.91 Å². The van der Waals surface area contributed by atoms with Crippen molar-refractivity contribution in [1.82, 2.24) is 4.90 Å². The molecule has 29 heavy (non-hydrogen) atoms. The molecule has 0 saturated heterocycles. The Kier molecular flexibility index (Phi) is 7.34. The van der Waals surface area contributed by atoms with Gasteiger partial charge in [-0.25, -0.2) is 0 Å². The van der Waals surface area contributed by atoms with E-state index < -0.39 is 6.10 Å². The minimum Gasteiger partial charge on any atom is -0.456 e. The lowest BCUT2D eigenvalue weighted by atomic mass is 10.1. The van der Waals surface area contributed by atoms with E-state index in [2.05, 4.69) is 0 Å². The predicted molar refractivity (Wildman–Crippen MR) is 110 cm³/mol. The molecule has 0 bridgehead atoms. The van der Waals surface area contributed by atoms with Crippen molar-refractivity contribution in [2.75, 3.05) is 6.54 Å². The predicted octanol–water partition coefficient (Wildman–Crippen LogP) is 4.24. The number of carbonyl (C=O) groups excluding carboxylic acids is 3. The molecule has 1 heterocycles. The maximum Gasteiger partial charge on any atom is 0.306 e. The molecule has 1 atom stereocenters. The number of esters is 1. The van der Waals surface area contributed by atoms with E-state index in [0.29, 0.717) is 37.8 Å². The zero-order valence-electron chi connectivity index (χ0n) is 16.3. The van der Waals surface area contributed by atoms with Crippen molar-refractivity contribution in [3.63, 3.8) is 0 Å². The third kappa shape index (κ3) is 6.14. The highest BCUT2D eigenvalue weighted by molar-refractivity contribution is 5.77. The number of cyclic esters (lactones) is 1. The first kappa shape index (κ1) is 20.5. The normalized spacial score (nSPS) is 19.6. The van der Waals surface area contributed by atoms with Gasteiger partial charge in [-0.05, 0) is 30.0 Å². The van der Waals surface area contributed by atoms with Gasteiger partial charge in [-0.1, -0.05) is 60.7 Å². The summed E-state index contributed by atoms with van der Waals surface area (Å²) in [5, 5.41) is 0. The van der Waals surface area contributed by atoms with Gasteiger partial charge in [0.1, 0.15) is 12.4 Å². The SMILES string of the molecule is O=Cc1cccc(CN2C[C@H](c3ccccc3)OC(=O)CC/C=C/CCC2=O)c1. The summed E-state index contributed by atoms with van der Waals surface area (Å²) in [7, 11) is 0. The van der Waals surface area contributed by atoms with Crippen LogP contribution in [0.5, 0.6) is 0 Å². The number of aldehydes is 1. The first-order valence-corrected chi connectivity index (χ1v) is 9.87. The molecule has 0 aromatic heterocycles. The van der Waals surface area contributed by atoms with Crippen LogP contribution in [0.3, 0.4) is 0 Å². The van der Waals surface area contributed by atoms with Gasteiger partial charge in [0.05, 0.1) is 6.54 Å². The number of amides is 1. The Morgan fingerprint density at radius 1 is 0.966 bits per heavy atom. The average Bonchev–Trinajstić information content (AvgIpc) is 2.75. The molecule has 1 amide bonds. The van der Waals surface area contributed by atoms with E-state index in [4.69, 9.17) is 4.74 Å². The highest BCUT2D eigenvalue weighted by Gasteiger charge is 2.24. The smallest absolute Gasteiger partial charge is 0.306 e. The Balaban J connectivity index is 1.88. The van der Waals surface area contributed by atoms with Crippen LogP contribution in [-0.4, -0.2) is 29.6 Å². The Hall–Kier alpha value is -3.21. The fourth-order valence-electron chi connectivity index (χ4n) is 3.34. The van der Waals surface area contributed by atoms with Gasteiger partial charge in [0.25, 0.3) is 0 Å². The molecule has 0 saturated carbocycles. The Bertz CT molecular complexity index is 875. The van der Waals surface area contributed by atoms with Gasteiger partial charge in [-0.2, -0.15) is 0 Å². The van der Waals surface area contributed by atoms with E-state index in [1.807, 2.05) is 48.6 Å². The van der Waals surface area contributed by atoms with Crippen LogP contribution >= 0.6 is 0 Å². The molecule has 2 aromatic rings. The summed E-state index contributed by atoms with van der Waals surface area (Å²) >= 11 is 0. The second-order valence-electron chi connectivity index (χ2n) is 7.08. The molecule has 0 spiro atoms. The second-order valence-corrected chi connectivity index (χ2v) is 7.08.